The van der Waals surface area contributed by atoms with Gasteiger partial charge in [0.25, 0.3) is 0 Å². The first-order chi connectivity index (χ1) is 9.45. The number of thiophene rings is 1. The molecule has 0 spiro atoms. The van der Waals surface area contributed by atoms with Crippen molar-refractivity contribution >= 4 is 28.2 Å². The van der Waals surface area contributed by atoms with Gasteiger partial charge in [0, 0.05) is 0 Å². The molecule has 2 aromatic rings. The van der Waals surface area contributed by atoms with Crippen LogP contribution in [0.2, 0.25) is 0 Å². The second-order valence-corrected chi connectivity index (χ2v) is 5.34. The van der Waals surface area contributed by atoms with Crippen LogP contribution in [0.1, 0.15) is 20.8 Å². The fraction of sp³-hybridized carbons (Fsp3) is 0.143. The summed E-state index contributed by atoms with van der Waals surface area (Å²) in [7, 11) is 0. The van der Waals surface area contributed by atoms with Crippen molar-refractivity contribution in [1.29, 1.82) is 0 Å². The molecule has 0 fully saturated rings. The van der Waals surface area contributed by atoms with Gasteiger partial charge in [0.2, 0.25) is 5.91 Å². The number of amides is 1. The average molecular weight is 293 g/mol. The molecule has 20 heavy (non-hydrogen) atoms. The lowest BCUT2D eigenvalue weighted by Crippen LogP contribution is -2.13. The highest BCUT2D eigenvalue weighted by molar-refractivity contribution is 7.18. The zero-order chi connectivity index (χ0) is 14.7. The normalized spacial score (nSPS) is 10.3. The van der Waals surface area contributed by atoms with Crippen LogP contribution in [-0.2, 0) is 11.2 Å². The largest absolute Gasteiger partial charge is 0.477 e. The molecule has 0 aliphatic heterocycles. The molecule has 6 heteroatoms. The number of hydrogen-bond acceptors (Lipinski definition) is 3. The molecule has 1 amide bonds. The van der Waals surface area contributed by atoms with Gasteiger partial charge < -0.3 is 10.4 Å². The van der Waals surface area contributed by atoms with Crippen molar-refractivity contribution < 1.29 is 19.1 Å². The zero-order valence-electron chi connectivity index (χ0n) is 10.6. The molecule has 0 radical (unpaired) electrons. The highest BCUT2D eigenvalue weighted by Gasteiger charge is 2.13. The second-order valence-electron chi connectivity index (χ2n) is 4.28. The molecule has 0 aliphatic carbocycles. The molecule has 0 unspecified atom stereocenters. The summed E-state index contributed by atoms with van der Waals surface area (Å²) in [6.45, 7) is 1.67. The number of carboxylic acids is 1. The maximum absolute atomic E-state index is 13.0. The van der Waals surface area contributed by atoms with Crippen LogP contribution in [0.3, 0.4) is 0 Å². The summed E-state index contributed by atoms with van der Waals surface area (Å²) in [6.07, 6.45) is 0.0388. The number of anilines is 1. The Morgan fingerprint density at radius 2 is 2.10 bits per heavy atom. The Balaban J connectivity index is 2.05. The lowest BCUT2D eigenvalue weighted by atomic mass is 10.1. The molecule has 1 aromatic carbocycles. The topological polar surface area (TPSA) is 66.4 Å². The summed E-state index contributed by atoms with van der Waals surface area (Å²) in [6, 6.07) is 7.41. The number of aryl methyl sites for hydroxylation is 1. The fourth-order valence-corrected chi connectivity index (χ4v) is 2.70. The second kappa shape index (κ2) is 5.83. The Kier molecular flexibility index (Phi) is 4.14. The van der Waals surface area contributed by atoms with Crippen LogP contribution < -0.4 is 5.32 Å². The minimum absolute atomic E-state index is 0.0388. The molecule has 0 saturated carbocycles. The zero-order valence-corrected chi connectivity index (χ0v) is 11.5. The van der Waals surface area contributed by atoms with E-state index in [2.05, 4.69) is 5.32 Å². The molecule has 2 rings (SSSR count). The Bertz CT molecular complexity index is 666. The van der Waals surface area contributed by atoms with Crippen molar-refractivity contribution in [1.82, 2.24) is 0 Å². The standard InChI is InChI=1S/C14H12FNO3S/c1-8-5-12(20-13(8)14(18)19)16-11(17)7-9-3-2-4-10(15)6-9/h2-6H,7H2,1H3,(H,16,17)(H,18,19). The summed E-state index contributed by atoms with van der Waals surface area (Å²) >= 11 is 1.00. The van der Waals surface area contributed by atoms with Gasteiger partial charge in [-0.15, -0.1) is 11.3 Å². The number of halogens is 1. The maximum Gasteiger partial charge on any atom is 0.346 e. The molecule has 0 aliphatic rings. The van der Waals surface area contributed by atoms with E-state index in [1.807, 2.05) is 0 Å². The van der Waals surface area contributed by atoms with Crippen LogP contribution in [0.4, 0.5) is 9.39 Å². The molecule has 1 aromatic heterocycles. The van der Waals surface area contributed by atoms with Gasteiger partial charge in [0.15, 0.2) is 0 Å². The first-order valence-electron chi connectivity index (χ1n) is 5.83. The molecule has 104 valence electrons. The third kappa shape index (κ3) is 3.42. The van der Waals surface area contributed by atoms with Gasteiger partial charge in [-0.1, -0.05) is 12.1 Å². The van der Waals surface area contributed by atoms with Crippen molar-refractivity contribution in [2.24, 2.45) is 0 Å². The van der Waals surface area contributed by atoms with Gasteiger partial charge in [-0.2, -0.15) is 0 Å². The highest BCUT2D eigenvalue weighted by atomic mass is 32.1. The van der Waals surface area contributed by atoms with E-state index in [4.69, 9.17) is 5.11 Å². The first-order valence-corrected chi connectivity index (χ1v) is 6.65. The molecular formula is C14H12FNO3S. The van der Waals surface area contributed by atoms with Crippen LogP contribution in [-0.4, -0.2) is 17.0 Å². The monoisotopic (exact) mass is 293 g/mol. The fourth-order valence-electron chi connectivity index (χ4n) is 1.77. The molecule has 4 nitrogen and oxygen atoms in total. The number of benzene rings is 1. The third-order valence-electron chi connectivity index (χ3n) is 2.63. The van der Waals surface area contributed by atoms with E-state index < -0.39 is 11.8 Å². The molecule has 0 bridgehead atoms. The van der Waals surface area contributed by atoms with Crippen LogP contribution in [0.15, 0.2) is 30.3 Å². The third-order valence-corrected chi connectivity index (χ3v) is 3.77. The average Bonchev–Trinajstić information content (AvgIpc) is 2.70. The number of aromatic carboxylic acids is 1. The minimum atomic E-state index is -1.02. The number of carboxylic acid groups (broad SMARTS) is 1. The lowest BCUT2D eigenvalue weighted by Gasteiger charge is -2.02. The number of rotatable bonds is 4. The van der Waals surface area contributed by atoms with Crippen LogP contribution in [0, 0.1) is 12.7 Å². The van der Waals surface area contributed by atoms with E-state index in [-0.39, 0.29) is 17.2 Å². The Labute approximate surface area is 118 Å². The van der Waals surface area contributed by atoms with Crippen molar-refractivity contribution in [3.8, 4) is 0 Å². The van der Waals surface area contributed by atoms with Gasteiger partial charge in [0.05, 0.1) is 11.4 Å². The van der Waals surface area contributed by atoms with Crippen molar-refractivity contribution in [3.63, 3.8) is 0 Å². The van der Waals surface area contributed by atoms with Gasteiger partial charge in [-0.3, -0.25) is 4.79 Å². The predicted octanol–water partition coefficient (Wildman–Crippen LogP) is 3.08. The summed E-state index contributed by atoms with van der Waals surface area (Å²) in [5.41, 5.74) is 1.16. The van der Waals surface area contributed by atoms with E-state index >= 15 is 0 Å². The first kappa shape index (κ1) is 14.2. The number of hydrogen-bond donors (Lipinski definition) is 2. The highest BCUT2D eigenvalue weighted by Crippen LogP contribution is 2.26. The Morgan fingerprint density at radius 3 is 2.70 bits per heavy atom. The lowest BCUT2D eigenvalue weighted by molar-refractivity contribution is -0.115. The van der Waals surface area contributed by atoms with Crippen LogP contribution in [0.5, 0.6) is 0 Å². The quantitative estimate of drug-likeness (QED) is 0.910. The van der Waals surface area contributed by atoms with E-state index in [9.17, 15) is 14.0 Å². The van der Waals surface area contributed by atoms with Gasteiger partial charge in [-0.25, -0.2) is 9.18 Å². The summed E-state index contributed by atoms with van der Waals surface area (Å²) in [4.78, 5) is 22.9. The van der Waals surface area contributed by atoms with E-state index in [0.29, 0.717) is 16.1 Å². The smallest absolute Gasteiger partial charge is 0.346 e. The SMILES string of the molecule is Cc1cc(NC(=O)Cc2cccc(F)c2)sc1C(=O)O. The molecule has 2 N–H and O–H groups in total. The Morgan fingerprint density at radius 1 is 1.35 bits per heavy atom. The van der Waals surface area contributed by atoms with Gasteiger partial charge in [0.1, 0.15) is 10.7 Å². The summed E-state index contributed by atoms with van der Waals surface area (Å²) in [5, 5.41) is 12.0. The summed E-state index contributed by atoms with van der Waals surface area (Å²) in [5.74, 6) is -1.72. The van der Waals surface area contributed by atoms with Crippen molar-refractivity contribution in [2.75, 3.05) is 5.32 Å². The van der Waals surface area contributed by atoms with E-state index in [0.717, 1.165) is 11.3 Å². The van der Waals surface area contributed by atoms with Crippen LogP contribution in [0.25, 0.3) is 0 Å². The Hall–Kier alpha value is -2.21. The number of carbonyl (C=O) groups excluding carboxylic acids is 1. The van der Waals surface area contributed by atoms with Gasteiger partial charge >= 0.3 is 5.97 Å². The minimum Gasteiger partial charge on any atom is -0.477 e. The van der Waals surface area contributed by atoms with Crippen LogP contribution >= 0.6 is 11.3 Å². The number of carbonyl (C=O) groups is 2. The summed E-state index contributed by atoms with van der Waals surface area (Å²) < 4.78 is 13.0. The predicted molar refractivity (Wildman–Crippen MR) is 74.7 cm³/mol. The molecule has 0 saturated heterocycles. The van der Waals surface area contributed by atoms with E-state index in [1.54, 1.807) is 19.1 Å². The molecule has 0 atom stereocenters. The van der Waals surface area contributed by atoms with Gasteiger partial charge in [-0.05, 0) is 36.2 Å². The van der Waals surface area contributed by atoms with Crippen molar-refractivity contribution in [3.05, 3.63) is 52.2 Å². The van der Waals surface area contributed by atoms with Crippen molar-refractivity contribution in [2.45, 2.75) is 13.3 Å². The van der Waals surface area contributed by atoms with E-state index in [1.165, 1.54) is 18.2 Å². The number of nitrogens with one attached hydrogen (secondary N) is 1. The maximum atomic E-state index is 13.0. The molecule has 1 heterocycles. The molecular weight excluding hydrogens is 281 g/mol.